The highest BCUT2D eigenvalue weighted by atomic mass is 15.2. The zero-order chi connectivity index (χ0) is 11.4. The Morgan fingerprint density at radius 1 is 1.06 bits per heavy atom. The van der Waals surface area contributed by atoms with Gasteiger partial charge in [0.1, 0.15) is 0 Å². The van der Waals surface area contributed by atoms with Gasteiger partial charge in [-0.05, 0) is 58.8 Å². The Bertz CT molecular complexity index is 193. The van der Waals surface area contributed by atoms with Crippen LogP contribution < -0.4 is 5.73 Å². The van der Waals surface area contributed by atoms with Gasteiger partial charge in [-0.25, -0.2) is 0 Å². The number of piperidine rings is 2. The monoisotopic (exact) mass is 225 g/mol. The van der Waals surface area contributed by atoms with Gasteiger partial charge < -0.3 is 10.6 Å². The Morgan fingerprint density at radius 2 is 1.69 bits per heavy atom. The predicted octanol–water partition coefficient (Wildman–Crippen LogP) is 1.28. The van der Waals surface area contributed by atoms with Crippen molar-refractivity contribution in [3.8, 4) is 0 Å². The lowest BCUT2D eigenvalue weighted by molar-refractivity contribution is 0.0776. The quantitative estimate of drug-likeness (QED) is 0.785. The van der Waals surface area contributed by atoms with Crippen LogP contribution in [0.15, 0.2) is 0 Å². The minimum Gasteiger partial charge on any atom is -0.329 e. The molecule has 0 aromatic carbocycles. The Morgan fingerprint density at radius 3 is 2.25 bits per heavy atom. The highest BCUT2D eigenvalue weighted by Gasteiger charge is 2.26. The molecule has 1 unspecified atom stereocenters. The fourth-order valence-electron chi connectivity index (χ4n) is 3.12. The van der Waals surface area contributed by atoms with E-state index in [2.05, 4.69) is 16.7 Å². The van der Waals surface area contributed by atoms with Crippen molar-refractivity contribution in [3.63, 3.8) is 0 Å². The highest BCUT2D eigenvalue weighted by molar-refractivity contribution is 4.83. The summed E-state index contributed by atoms with van der Waals surface area (Å²) in [6.07, 6.45) is 6.98. The molecular weight excluding hydrogens is 198 g/mol. The first-order valence-electron chi connectivity index (χ1n) is 6.99. The molecule has 2 saturated heterocycles. The standard InChI is InChI=1S/C13H27N3/c1-12(11-14)15-9-5-13(6-10-15)16-7-3-2-4-8-16/h12-13H,2-11,14H2,1H3. The van der Waals surface area contributed by atoms with Crippen LogP contribution in [0.2, 0.25) is 0 Å². The minimum absolute atomic E-state index is 0.572. The van der Waals surface area contributed by atoms with Gasteiger partial charge in [0.2, 0.25) is 0 Å². The van der Waals surface area contributed by atoms with Crippen LogP contribution in [0.4, 0.5) is 0 Å². The van der Waals surface area contributed by atoms with Crippen molar-refractivity contribution < 1.29 is 0 Å². The molecule has 94 valence electrons. The summed E-state index contributed by atoms with van der Waals surface area (Å²) in [5.74, 6) is 0. The molecule has 0 bridgehead atoms. The van der Waals surface area contributed by atoms with Gasteiger partial charge in [-0.2, -0.15) is 0 Å². The summed E-state index contributed by atoms with van der Waals surface area (Å²) in [4.78, 5) is 5.29. The third kappa shape index (κ3) is 2.96. The van der Waals surface area contributed by atoms with E-state index in [0.717, 1.165) is 12.6 Å². The molecule has 2 aliphatic rings. The Labute approximate surface area is 100.0 Å². The second-order valence-corrected chi connectivity index (χ2v) is 5.45. The summed E-state index contributed by atoms with van der Waals surface area (Å²) < 4.78 is 0. The Kier molecular flexibility index (Phi) is 4.62. The van der Waals surface area contributed by atoms with E-state index in [1.54, 1.807) is 0 Å². The average Bonchev–Trinajstić information content (AvgIpc) is 2.39. The van der Waals surface area contributed by atoms with E-state index in [4.69, 9.17) is 5.73 Å². The lowest BCUT2D eigenvalue weighted by Crippen LogP contribution is -2.50. The van der Waals surface area contributed by atoms with Crippen LogP contribution >= 0.6 is 0 Å². The van der Waals surface area contributed by atoms with Crippen LogP contribution in [0, 0.1) is 0 Å². The predicted molar refractivity (Wildman–Crippen MR) is 68.5 cm³/mol. The first-order chi connectivity index (χ1) is 7.81. The van der Waals surface area contributed by atoms with Crippen molar-refractivity contribution in [2.75, 3.05) is 32.7 Å². The number of hydrogen-bond donors (Lipinski definition) is 1. The molecule has 2 heterocycles. The van der Waals surface area contributed by atoms with Gasteiger partial charge in [0.25, 0.3) is 0 Å². The maximum atomic E-state index is 5.73. The molecule has 2 N–H and O–H groups in total. The molecule has 0 radical (unpaired) electrons. The molecule has 2 rings (SSSR count). The summed E-state index contributed by atoms with van der Waals surface area (Å²) in [7, 11) is 0. The number of rotatable bonds is 3. The summed E-state index contributed by atoms with van der Waals surface area (Å²) in [6, 6.07) is 1.43. The first-order valence-corrected chi connectivity index (χ1v) is 6.99. The van der Waals surface area contributed by atoms with Crippen LogP contribution in [0.3, 0.4) is 0 Å². The van der Waals surface area contributed by atoms with Gasteiger partial charge in [0.15, 0.2) is 0 Å². The minimum atomic E-state index is 0.572. The fraction of sp³-hybridized carbons (Fsp3) is 1.00. The van der Waals surface area contributed by atoms with Crippen molar-refractivity contribution >= 4 is 0 Å². The average molecular weight is 225 g/mol. The van der Waals surface area contributed by atoms with Crippen molar-refractivity contribution in [2.24, 2.45) is 5.73 Å². The van der Waals surface area contributed by atoms with Crippen molar-refractivity contribution in [3.05, 3.63) is 0 Å². The van der Waals surface area contributed by atoms with Crippen LogP contribution in [0.1, 0.15) is 39.0 Å². The van der Waals surface area contributed by atoms with E-state index in [1.807, 2.05) is 0 Å². The van der Waals surface area contributed by atoms with Crippen LogP contribution in [-0.4, -0.2) is 54.6 Å². The molecule has 16 heavy (non-hydrogen) atoms. The molecule has 3 heteroatoms. The number of nitrogens with zero attached hydrogens (tertiary/aromatic N) is 2. The summed E-state index contributed by atoms with van der Waals surface area (Å²) in [6.45, 7) is 8.24. The largest absolute Gasteiger partial charge is 0.329 e. The Balaban J connectivity index is 1.75. The first kappa shape index (κ1) is 12.3. The van der Waals surface area contributed by atoms with Gasteiger partial charge >= 0.3 is 0 Å². The molecule has 2 aliphatic heterocycles. The second-order valence-electron chi connectivity index (χ2n) is 5.45. The van der Waals surface area contributed by atoms with E-state index in [-0.39, 0.29) is 0 Å². The number of likely N-dealkylation sites (tertiary alicyclic amines) is 2. The molecule has 0 aliphatic carbocycles. The van der Waals surface area contributed by atoms with Crippen LogP contribution in [0.25, 0.3) is 0 Å². The summed E-state index contributed by atoms with van der Waals surface area (Å²) in [5, 5.41) is 0. The maximum Gasteiger partial charge on any atom is 0.0190 e. The molecule has 3 nitrogen and oxygen atoms in total. The molecule has 0 spiro atoms. The van der Waals surface area contributed by atoms with Crippen LogP contribution in [0.5, 0.6) is 0 Å². The second kappa shape index (κ2) is 5.99. The normalized spacial score (nSPS) is 28.1. The van der Waals surface area contributed by atoms with E-state index >= 15 is 0 Å². The number of nitrogens with two attached hydrogens (primary N) is 1. The van der Waals surface area contributed by atoms with Gasteiger partial charge in [-0.3, -0.25) is 4.90 Å². The molecule has 0 aromatic rings. The third-order valence-corrected chi connectivity index (χ3v) is 4.37. The van der Waals surface area contributed by atoms with E-state index in [9.17, 15) is 0 Å². The molecule has 0 aromatic heterocycles. The van der Waals surface area contributed by atoms with Crippen LogP contribution in [-0.2, 0) is 0 Å². The zero-order valence-electron chi connectivity index (χ0n) is 10.7. The van der Waals surface area contributed by atoms with Gasteiger partial charge in [-0.15, -0.1) is 0 Å². The Hall–Kier alpha value is -0.120. The van der Waals surface area contributed by atoms with Crippen molar-refractivity contribution in [1.82, 2.24) is 9.80 Å². The van der Waals surface area contributed by atoms with Gasteiger partial charge in [-0.1, -0.05) is 6.42 Å². The molecular formula is C13H27N3. The number of hydrogen-bond acceptors (Lipinski definition) is 3. The molecule has 2 fully saturated rings. The molecule has 1 atom stereocenters. The summed E-state index contributed by atoms with van der Waals surface area (Å²) in [5.41, 5.74) is 5.73. The van der Waals surface area contributed by atoms with E-state index < -0.39 is 0 Å². The topological polar surface area (TPSA) is 32.5 Å². The highest BCUT2D eigenvalue weighted by Crippen LogP contribution is 2.21. The van der Waals surface area contributed by atoms with E-state index in [0.29, 0.717) is 6.04 Å². The molecule has 0 amide bonds. The SMILES string of the molecule is CC(CN)N1CCC(N2CCCCC2)CC1. The third-order valence-electron chi connectivity index (χ3n) is 4.37. The summed E-state index contributed by atoms with van der Waals surface area (Å²) >= 11 is 0. The lowest BCUT2D eigenvalue weighted by atomic mass is 9.99. The molecule has 0 saturated carbocycles. The fourth-order valence-corrected chi connectivity index (χ4v) is 3.12. The van der Waals surface area contributed by atoms with Crippen molar-refractivity contribution in [1.29, 1.82) is 0 Å². The van der Waals surface area contributed by atoms with Crippen molar-refractivity contribution in [2.45, 2.75) is 51.1 Å². The smallest absolute Gasteiger partial charge is 0.0190 e. The zero-order valence-corrected chi connectivity index (χ0v) is 10.7. The van der Waals surface area contributed by atoms with Gasteiger partial charge in [0.05, 0.1) is 0 Å². The van der Waals surface area contributed by atoms with E-state index in [1.165, 1.54) is 58.3 Å². The van der Waals surface area contributed by atoms with Gasteiger partial charge in [0, 0.05) is 18.6 Å². The lowest BCUT2D eigenvalue weighted by Gasteiger charge is -2.41. The maximum absolute atomic E-state index is 5.73.